The summed E-state index contributed by atoms with van der Waals surface area (Å²) in [5.74, 6) is 0.483. The SMILES string of the molecule is COc1ccc(Cl)cc1COc1ccc(C(=O)NS(C)(=O)=O)cc1. The van der Waals surface area contributed by atoms with Crippen molar-refractivity contribution in [1.29, 1.82) is 0 Å². The number of amides is 1. The Hall–Kier alpha value is -2.25. The summed E-state index contributed by atoms with van der Waals surface area (Å²) in [4.78, 5) is 11.7. The molecule has 0 saturated heterocycles. The van der Waals surface area contributed by atoms with Gasteiger partial charge in [0, 0.05) is 16.1 Å². The minimum absolute atomic E-state index is 0.216. The Kier molecular flexibility index (Phi) is 5.69. The van der Waals surface area contributed by atoms with Gasteiger partial charge in [0.15, 0.2) is 0 Å². The zero-order valence-corrected chi connectivity index (χ0v) is 14.6. The summed E-state index contributed by atoms with van der Waals surface area (Å²) in [7, 11) is -2.04. The van der Waals surface area contributed by atoms with Crippen molar-refractivity contribution < 1.29 is 22.7 Å². The molecule has 2 rings (SSSR count). The summed E-state index contributed by atoms with van der Waals surface area (Å²) in [6.07, 6.45) is 0.917. The molecule has 0 atom stereocenters. The van der Waals surface area contributed by atoms with Gasteiger partial charge in [-0.2, -0.15) is 0 Å². The van der Waals surface area contributed by atoms with Gasteiger partial charge in [0.2, 0.25) is 10.0 Å². The Labute approximate surface area is 145 Å². The van der Waals surface area contributed by atoms with E-state index in [1.165, 1.54) is 12.1 Å². The molecule has 0 aliphatic rings. The van der Waals surface area contributed by atoms with E-state index in [2.05, 4.69) is 0 Å². The lowest BCUT2D eigenvalue weighted by molar-refractivity contribution is 0.0981. The number of halogens is 1. The van der Waals surface area contributed by atoms with Gasteiger partial charge >= 0.3 is 0 Å². The fraction of sp³-hybridized carbons (Fsp3) is 0.188. The summed E-state index contributed by atoms with van der Waals surface area (Å²) in [6, 6.07) is 11.3. The average molecular weight is 370 g/mol. The maximum absolute atomic E-state index is 11.7. The van der Waals surface area contributed by atoms with Crippen LogP contribution >= 0.6 is 11.6 Å². The molecule has 2 aromatic carbocycles. The fourth-order valence-electron chi connectivity index (χ4n) is 1.95. The highest BCUT2D eigenvalue weighted by Gasteiger charge is 2.11. The van der Waals surface area contributed by atoms with E-state index in [-0.39, 0.29) is 12.2 Å². The molecule has 1 amide bonds. The van der Waals surface area contributed by atoms with Crippen LogP contribution in [0.4, 0.5) is 0 Å². The monoisotopic (exact) mass is 369 g/mol. The van der Waals surface area contributed by atoms with Crippen LogP contribution in [0, 0.1) is 0 Å². The lowest BCUT2D eigenvalue weighted by atomic mass is 10.2. The first-order valence-corrected chi connectivity index (χ1v) is 9.13. The van der Waals surface area contributed by atoms with Crippen LogP contribution < -0.4 is 14.2 Å². The van der Waals surface area contributed by atoms with Crippen LogP contribution in [0.5, 0.6) is 11.5 Å². The smallest absolute Gasteiger partial charge is 0.264 e. The molecule has 0 bridgehead atoms. The third kappa shape index (κ3) is 5.14. The third-order valence-electron chi connectivity index (χ3n) is 3.03. The predicted molar refractivity (Wildman–Crippen MR) is 91.1 cm³/mol. The Morgan fingerprint density at radius 2 is 1.83 bits per heavy atom. The third-order valence-corrected chi connectivity index (χ3v) is 3.82. The van der Waals surface area contributed by atoms with E-state index in [1.54, 1.807) is 37.4 Å². The largest absolute Gasteiger partial charge is 0.496 e. The van der Waals surface area contributed by atoms with Crippen molar-refractivity contribution in [2.75, 3.05) is 13.4 Å². The highest BCUT2D eigenvalue weighted by atomic mass is 35.5. The summed E-state index contributed by atoms with van der Waals surface area (Å²) >= 11 is 5.96. The van der Waals surface area contributed by atoms with Crippen LogP contribution in [0.25, 0.3) is 0 Å². The fourth-order valence-corrected chi connectivity index (χ4v) is 2.60. The number of hydrogen-bond donors (Lipinski definition) is 1. The van der Waals surface area contributed by atoms with E-state index >= 15 is 0 Å². The van der Waals surface area contributed by atoms with Crippen molar-refractivity contribution >= 4 is 27.5 Å². The molecule has 0 saturated carbocycles. The summed E-state index contributed by atoms with van der Waals surface area (Å²) in [6.45, 7) is 0.235. The van der Waals surface area contributed by atoms with Crippen molar-refractivity contribution in [3.05, 3.63) is 58.6 Å². The quantitative estimate of drug-likeness (QED) is 0.846. The number of carbonyl (C=O) groups is 1. The molecule has 0 spiro atoms. The molecule has 2 aromatic rings. The summed E-state index contributed by atoms with van der Waals surface area (Å²) in [5, 5.41) is 0.571. The Morgan fingerprint density at radius 1 is 1.17 bits per heavy atom. The maximum Gasteiger partial charge on any atom is 0.264 e. The molecular weight excluding hydrogens is 354 g/mol. The molecule has 24 heavy (non-hydrogen) atoms. The first-order valence-electron chi connectivity index (χ1n) is 6.86. The number of nitrogens with one attached hydrogen (secondary N) is 1. The van der Waals surface area contributed by atoms with Gasteiger partial charge in [-0.15, -0.1) is 0 Å². The predicted octanol–water partition coefficient (Wildman–Crippen LogP) is 2.62. The van der Waals surface area contributed by atoms with E-state index in [9.17, 15) is 13.2 Å². The normalized spacial score (nSPS) is 11.0. The number of benzene rings is 2. The van der Waals surface area contributed by atoms with E-state index < -0.39 is 15.9 Å². The molecule has 0 heterocycles. The van der Waals surface area contributed by atoms with Crippen LogP contribution in [-0.2, 0) is 16.6 Å². The van der Waals surface area contributed by atoms with Crippen molar-refractivity contribution in [1.82, 2.24) is 4.72 Å². The van der Waals surface area contributed by atoms with Crippen molar-refractivity contribution in [2.45, 2.75) is 6.61 Å². The number of rotatable bonds is 6. The molecule has 0 aromatic heterocycles. The van der Waals surface area contributed by atoms with Crippen molar-refractivity contribution in [3.63, 3.8) is 0 Å². The molecular formula is C16H16ClNO5S. The minimum Gasteiger partial charge on any atom is -0.496 e. The van der Waals surface area contributed by atoms with E-state index in [1.807, 2.05) is 4.72 Å². The van der Waals surface area contributed by atoms with Crippen LogP contribution in [0.2, 0.25) is 5.02 Å². The number of hydrogen-bond acceptors (Lipinski definition) is 5. The van der Waals surface area contributed by atoms with Crippen LogP contribution in [0.15, 0.2) is 42.5 Å². The zero-order valence-electron chi connectivity index (χ0n) is 13.1. The number of sulfonamides is 1. The van der Waals surface area contributed by atoms with Crippen LogP contribution in [0.1, 0.15) is 15.9 Å². The van der Waals surface area contributed by atoms with E-state index in [4.69, 9.17) is 21.1 Å². The second-order valence-electron chi connectivity index (χ2n) is 4.97. The zero-order chi connectivity index (χ0) is 17.7. The molecule has 1 N–H and O–H groups in total. The highest BCUT2D eigenvalue weighted by Crippen LogP contribution is 2.24. The Bertz CT molecular complexity index is 834. The maximum atomic E-state index is 11.7. The second kappa shape index (κ2) is 7.55. The Morgan fingerprint density at radius 3 is 2.42 bits per heavy atom. The van der Waals surface area contributed by atoms with Gasteiger partial charge < -0.3 is 9.47 Å². The lowest BCUT2D eigenvalue weighted by Crippen LogP contribution is -2.29. The Balaban J connectivity index is 2.05. The van der Waals surface area contributed by atoms with Crippen LogP contribution in [0.3, 0.4) is 0 Å². The number of ether oxygens (including phenoxy) is 2. The van der Waals surface area contributed by atoms with Gasteiger partial charge in [-0.3, -0.25) is 4.79 Å². The summed E-state index contributed by atoms with van der Waals surface area (Å²) in [5.41, 5.74) is 0.997. The summed E-state index contributed by atoms with van der Waals surface area (Å²) < 4.78 is 34.9. The topological polar surface area (TPSA) is 81.7 Å². The minimum atomic E-state index is -3.60. The van der Waals surface area contributed by atoms with Crippen molar-refractivity contribution in [2.24, 2.45) is 0 Å². The van der Waals surface area contributed by atoms with Crippen molar-refractivity contribution in [3.8, 4) is 11.5 Å². The van der Waals surface area contributed by atoms with Gasteiger partial charge in [0.1, 0.15) is 18.1 Å². The van der Waals surface area contributed by atoms with Gasteiger partial charge in [-0.1, -0.05) is 11.6 Å². The van der Waals surface area contributed by atoms with Gasteiger partial charge in [0.25, 0.3) is 5.91 Å². The number of carbonyl (C=O) groups excluding carboxylic acids is 1. The van der Waals surface area contributed by atoms with Gasteiger partial charge in [0.05, 0.1) is 13.4 Å². The highest BCUT2D eigenvalue weighted by molar-refractivity contribution is 7.89. The molecule has 0 fully saturated rings. The molecule has 0 unspecified atom stereocenters. The average Bonchev–Trinajstić information content (AvgIpc) is 2.52. The molecule has 0 aliphatic carbocycles. The first-order chi connectivity index (χ1) is 11.3. The molecule has 6 nitrogen and oxygen atoms in total. The van der Waals surface area contributed by atoms with Crippen LogP contribution in [-0.4, -0.2) is 27.7 Å². The molecule has 128 valence electrons. The first kappa shape index (κ1) is 18.1. The number of methoxy groups -OCH3 is 1. The van der Waals surface area contributed by atoms with E-state index in [0.717, 1.165) is 11.8 Å². The van der Waals surface area contributed by atoms with Gasteiger partial charge in [-0.05, 0) is 42.5 Å². The molecule has 8 heteroatoms. The second-order valence-corrected chi connectivity index (χ2v) is 7.16. The molecule has 0 radical (unpaired) electrons. The molecule has 0 aliphatic heterocycles. The van der Waals surface area contributed by atoms with E-state index in [0.29, 0.717) is 16.5 Å². The van der Waals surface area contributed by atoms with Gasteiger partial charge in [-0.25, -0.2) is 13.1 Å². The lowest BCUT2D eigenvalue weighted by Gasteiger charge is -2.11. The standard InChI is InChI=1S/C16H16ClNO5S/c1-22-15-8-5-13(17)9-12(15)10-23-14-6-3-11(4-7-14)16(19)18-24(2,20)21/h3-9H,10H2,1-2H3,(H,18,19).